The predicted octanol–water partition coefficient (Wildman–Crippen LogP) is 4.97. The lowest BCUT2D eigenvalue weighted by Gasteiger charge is -2.13. The largest absolute Gasteiger partial charge is 0.305 e. The van der Waals surface area contributed by atoms with Crippen LogP contribution >= 0.6 is 34.7 Å². The molecule has 96 valence electrons. The summed E-state index contributed by atoms with van der Waals surface area (Å²) in [6.45, 7) is 3.05. The monoisotopic (exact) mass is 297 g/mol. The molecule has 0 bridgehead atoms. The molecule has 4 heteroatoms. The number of hydrogen-bond acceptors (Lipinski definition) is 3. The van der Waals surface area contributed by atoms with Crippen molar-refractivity contribution in [2.24, 2.45) is 0 Å². The molecular formula is C14H16ClNS2. The molecule has 1 unspecified atom stereocenters. The van der Waals surface area contributed by atoms with E-state index in [2.05, 4.69) is 42.8 Å². The van der Waals surface area contributed by atoms with Crippen molar-refractivity contribution < 1.29 is 0 Å². The van der Waals surface area contributed by atoms with E-state index < -0.39 is 0 Å². The van der Waals surface area contributed by atoms with Gasteiger partial charge in [0.05, 0.1) is 5.02 Å². The maximum absolute atomic E-state index is 5.91. The van der Waals surface area contributed by atoms with E-state index in [-0.39, 0.29) is 0 Å². The molecule has 1 atom stereocenters. The van der Waals surface area contributed by atoms with Gasteiger partial charge in [0.2, 0.25) is 0 Å². The second-order valence-corrected chi connectivity index (χ2v) is 6.42. The van der Waals surface area contributed by atoms with E-state index in [1.165, 1.54) is 15.3 Å². The molecule has 0 saturated heterocycles. The van der Waals surface area contributed by atoms with E-state index in [0.29, 0.717) is 6.04 Å². The van der Waals surface area contributed by atoms with Crippen LogP contribution in [-0.2, 0) is 6.54 Å². The topological polar surface area (TPSA) is 12.0 Å². The highest BCUT2D eigenvalue weighted by Crippen LogP contribution is 2.21. The molecule has 2 rings (SSSR count). The summed E-state index contributed by atoms with van der Waals surface area (Å²) in [5.41, 5.74) is 1.32. The summed E-state index contributed by atoms with van der Waals surface area (Å²) in [7, 11) is 0. The maximum Gasteiger partial charge on any atom is 0.0516 e. The van der Waals surface area contributed by atoms with Crippen molar-refractivity contribution in [1.82, 2.24) is 5.32 Å². The van der Waals surface area contributed by atoms with E-state index in [9.17, 15) is 0 Å². The van der Waals surface area contributed by atoms with Crippen LogP contribution in [0.5, 0.6) is 0 Å². The minimum Gasteiger partial charge on any atom is -0.305 e. The minimum absolute atomic E-state index is 0.349. The molecule has 2 aromatic rings. The molecule has 0 aliphatic rings. The van der Waals surface area contributed by atoms with Gasteiger partial charge in [-0.2, -0.15) is 0 Å². The van der Waals surface area contributed by atoms with Crippen LogP contribution < -0.4 is 5.32 Å². The first-order valence-electron chi connectivity index (χ1n) is 5.79. The average molecular weight is 298 g/mol. The number of thiophene rings is 1. The number of benzene rings is 1. The molecule has 0 radical (unpaired) electrons. The molecule has 1 aromatic carbocycles. The Kier molecular flexibility index (Phi) is 5.13. The molecule has 0 saturated carbocycles. The minimum atomic E-state index is 0.349. The first-order chi connectivity index (χ1) is 8.69. The second kappa shape index (κ2) is 6.62. The van der Waals surface area contributed by atoms with Crippen LogP contribution in [0.15, 0.2) is 40.6 Å². The fourth-order valence-corrected chi connectivity index (χ4v) is 3.14. The van der Waals surface area contributed by atoms with Crippen molar-refractivity contribution in [1.29, 1.82) is 0 Å². The van der Waals surface area contributed by atoms with Crippen LogP contribution in [0.25, 0.3) is 0 Å². The first-order valence-corrected chi connectivity index (χ1v) is 8.27. The molecule has 0 aliphatic carbocycles. The second-order valence-electron chi connectivity index (χ2n) is 4.11. The van der Waals surface area contributed by atoms with Crippen LogP contribution in [0.4, 0.5) is 0 Å². The van der Waals surface area contributed by atoms with Crippen molar-refractivity contribution in [3.05, 3.63) is 51.2 Å². The van der Waals surface area contributed by atoms with Crippen LogP contribution in [0.2, 0.25) is 5.02 Å². The quantitative estimate of drug-likeness (QED) is 0.782. The molecule has 0 aliphatic heterocycles. The van der Waals surface area contributed by atoms with Crippen LogP contribution in [-0.4, -0.2) is 6.26 Å². The Morgan fingerprint density at radius 1 is 1.33 bits per heavy atom. The van der Waals surface area contributed by atoms with Gasteiger partial charge in [-0.3, -0.25) is 0 Å². The molecule has 1 nitrogen and oxygen atoms in total. The molecule has 1 heterocycles. The van der Waals surface area contributed by atoms with Crippen molar-refractivity contribution in [2.45, 2.75) is 24.4 Å². The third-order valence-electron chi connectivity index (χ3n) is 2.82. The Balaban J connectivity index is 1.92. The first kappa shape index (κ1) is 13.9. The van der Waals surface area contributed by atoms with E-state index in [1.807, 2.05) is 11.4 Å². The highest BCUT2D eigenvalue weighted by molar-refractivity contribution is 7.98. The van der Waals surface area contributed by atoms with Gasteiger partial charge in [0.15, 0.2) is 0 Å². The zero-order valence-corrected chi connectivity index (χ0v) is 12.8. The lowest BCUT2D eigenvalue weighted by molar-refractivity contribution is 0.578. The summed E-state index contributed by atoms with van der Waals surface area (Å²) in [4.78, 5) is 2.57. The Morgan fingerprint density at radius 2 is 2.06 bits per heavy atom. The van der Waals surface area contributed by atoms with Crippen molar-refractivity contribution >= 4 is 34.7 Å². The summed E-state index contributed by atoms with van der Waals surface area (Å²) in [6.07, 6.45) is 2.09. The van der Waals surface area contributed by atoms with Gasteiger partial charge in [-0.1, -0.05) is 23.7 Å². The van der Waals surface area contributed by atoms with Gasteiger partial charge < -0.3 is 5.32 Å². The van der Waals surface area contributed by atoms with Gasteiger partial charge in [0.25, 0.3) is 0 Å². The lowest BCUT2D eigenvalue weighted by Crippen LogP contribution is -2.17. The summed E-state index contributed by atoms with van der Waals surface area (Å²) in [5.74, 6) is 0. The molecule has 1 N–H and O–H groups in total. The van der Waals surface area contributed by atoms with E-state index >= 15 is 0 Å². The Hall–Kier alpha value is -0.480. The van der Waals surface area contributed by atoms with Gasteiger partial charge in [0.1, 0.15) is 0 Å². The molecule has 1 aromatic heterocycles. The number of hydrogen-bond donors (Lipinski definition) is 1. The third kappa shape index (κ3) is 3.75. The number of thioether (sulfide) groups is 1. The zero-order valence-electron chi connectivity index (χ0n) is 10.4. The van der Waals surface area contributed by atoms with Crippen molar-refractivity contribution in [3.63, 3.8) is 0 Å². The van der Waals surface area contributed by atoms with Crippen molar-refractivity contribution in [3.8, 4) is 0 Å². The molecule has 0 fully saturated rings. The summed E-state index contributed by atoms with van der Waals surface area (Å²) >= 11 is 9.37. The van der Waals surface area contributed by atoms with Crippen molar-refractivity contribution in [2.75, 3.05) is 6.26 Å². The highest BCUT2D eigenvalue weighted by atomic mass is 35.5. The van der Waals surface area contributed by atoms with Crippen LogP contribution in [0.3, 0.4) is 0 Å². The average Bonchev–Trinajstić information content (AvgIpc) is 2.82. The fraction of sp³-hybridized carbons (Fsp3) is 0.286. The standard InChI is InChI=1S/C14H16ClNS2/c1-10(11-3-5-13(17-2)6-4-11)16-8-14-7-12(15)9-18-14/h3-7,9-10,16H,8H2,1-2H3. The molecule has 18 heavy (non-hydrogen) atoms. The molecule has 0 spiro atoms. The van der Waals surface area contributed by atoms with Gasteiger partial charge in [-0.25, -0.2) is 0 Å². The fourth-order valence-electron chi connectivity index (χ4n) is 1.71. The van der Waals surface area contributed by atoms with Gasteiger partial charge >= 0.3 is 0 Å². The van der Waals surface area contributed by atoms with Gasteiger partial charge in [0, 0.05) is 27.7 Å². The SMILES string of the molecule is CSc1ccc(C(C)NCc2cc(Cl)cs2)cc1. The predicted molar refractivity (Wildman–Crippen MR) is 82.8 cm³/mol. The molecular weight excluding hydrogens is 282 g/mol. The lowest BCUT2D eigenvalue weighted by atomic mass is 10.1. The van der Waals surface area contributed by atoms with Gasteiger partial charge in [-0.15, -0.1) is 23.1 Å². The highest BCUT2D eigenvalue weighted by Gasteiger charge is 2.05. The van der Waals surface area contributed by atoms with Crippen LogP contribution in [0.1, 0.15) is 23.4 Å². The summed E-state index contributed by atoms with van der Waals surface area (Å²) < 4.78 is 0. The Morgan fingerprint density at radius 3 is 2.61 bits per heavy atom. The van der Waals surface area contributed by atoms with E-state index in [4.69, 9.17) is 11.6 Å². The number of nitrogens with one attached hydrogen (secondary N) is 1. The van der Waals surface area contributed by atoms with E-state index in [1.54, 1.807) is 23.1 Å². The number of halogens is 1. The van der Waals surface area contributed by atoms with Crippen LogP contribution in [0, 0.1) is 0 Å². The zero-order chi connectivity index (χ0) is 13.0. The summed E-state index contributed by atoms with van der Waals surface area (Å²) in [5, 5.41) is 6.31. The molecule has 0 amide bonds. The number of rotatable bonds is 5. The maximum atomic E-state index is 5.91. The summed E-state index contributed by atoms with van der Waals surface area (Å²) in [6, 6.07) is 11.1. The Labute approximate surface area is 122 Å². The smallest absolute Gasteiger partial charge is 0.0516 e. The van der Waals surface area contributed by atoms with E-state index in [0.717, 1.165) is 11.6 Å². The normalized spacial score (nSPS) is 12.6. The van der Waals surface area contributed by atoms with Gasteiger partial charge in [-0.05, 0) is 36.9 Å². The third-order valence-corrected chi connectivity index (χ3v) is 4.85. The Bertz CT molecular complexity index is 493.